The molecule has 2 aromatic carbocycles. The molecule has 2 aromatic rings. The molecule has 0 saturated heterocycles. The van der Waals surface area contributed by atoms with Crippen LogP contribution >= 0.6 is 11.6 Å². The highest BCUT2D eigenvalue weighted by molar-refractivity contribution is 6.31. The van der Waals surface area contributed by atoms with Crippen LogP contribution in [-0.2, 0) is 4.79 Å². The second-order valence-corrected chi connectivity index (χ2v) is 6.66. The summed E-state index contributed by atoms with van der Waals surface area (Å²) >= 11 is 6.19. The SMILES string of the molecule is Cc1ccc([C@H](C)NC(=O)CN[C@H](C)c2ccccc2Cl)cc1C. The van der Waals surface area contributed by atoms with Gasteiger partial charge in [0.25, 0.3) is 0 Å². The number of carbonyl (C=O) groups is 1. The van der Waals surface area contributed by atoms with E-state index in [1.165, 1.54) is 11.1 Å². The molecule has 0 aliphatic rings. The number of halogens is 1. The van der Waals surface area contributed by atoms with Crippen molar-refractivity contribution in [3.05, 3.63) is 69.7 Å². The van der Waals surface area contributed by atoms with E-state index in [-0.39, 0.29) is 24.5 Å². The first-order valence-corrected chi connectivity index (χ1v) is 8.60. The molecule has 0 saturated carbocycles. The Bertz CT molecular complexity index is 715. The third-order valence-corrected chi connectivity index (χ3v) is 4.69. The molecule has 0 aliphatic carbocycles. The van der Waals surface area contributed by atoms with Crippen LogP contribution < -0.4 is 10.6 Å². The molecule has 2 N–H and O–H groups in total. The van der Waals surface area contributed by atoms with Gasteiger partial charge in [-0.1, -0.05) is 48.0 Å². The molecule has 1 amide bonds. The highest BCUT2D eigenvalue weighted by atomic mass is 35.5. The van der Waals surface area contributed by atoms with Crippen LogP contribution in [0.15, 0.2) is 42.5 Å². The minimum Gasteiger partial charge on any atom is -0.348 e. The average Bonchev–Trinajstić information content (AvgIpc) is 2.55. The Morgan fingerprint density at radius 1 is 1.04 bits per heavy atom. The highest BCUT2D eigenvalue weighted by Gasteiger charge is 2.13. The van der Waals surface area contributed by atoms with Crippen LogP contribution in [0.1, 0.15) is 48.2 Å². The first-order chi connectivity index (χ1) is 11.4. The van der Waals surface area contributed by atoms with Crippen molar-refractivity contribution in [1.29, 1.82) is 0 Å². The van der Waals surface area contributed by atoms with Crippen LogP contribution in [-0.4, -0.2) is 12.5 Å². The number of carbonyl (C=O) groups excluding carboxylic acids is 1. The van der Waals surface area contributed by atoms with Crippen molar-refractivity contribution in [1.82, 2.24) is 10.6 Å². The Labute approximate surface area is 149 Å². The predicted molar refractivity (Wildman–Crippen MR) is 100 cm³/mol. The predicted octanol–water partition coefficient (Wildman–Crippen LogP) is 4.48. The highest BCUT2D eigenvalue weighted by Crippen LogP contribution is 2.22. The van der Waals surface area contributed by atoms with Gasteiger partial charge in [0.05, 0.1) is 12.6 Å². The van der Waals surface area contributed by atoms with E-state index in [4.69, 9.17) is 11.6 Å². The van der Waals surface area contributed by atoms with Crippen LogP contribution in [0.25, 0.3) is 0 Å². The van der Waals surface area contributed by atoms with Gasteiger partial charge < -0.3 is 10.6 Å². The van der Waals surface area contributed by atoms with Crippen molar-refractivity contribution in [3.8, 4) is 0 Å². The molecule has 0 heterocycles. The zero-order valence-corrected chi connectivity index (χ0v) is 15.4. The molecule has 0 aliphatic heterocycles. The minimum atomic E-state index is -0.0281. The number of hydrogen-bond acceptors (Lipinski definition) is 2. The van der Waals surface area contributed by atoms with Gasteiger partial charge in [-0.3, -0.25) is 4.79 Å². The van der Waals surface area contributed by atoms with E-state index in [1.54, 1.807) is 0 Å². The zero-order chi connectivity index (χ0) is 17.7. The van der Waals surface area contributed by atoms with E-state index < -0.39 is 0 Å². The van der Waals surface area contributed by atoms with Gasteiger partial charge in [0.1, 0.15) is 0 Å². The molecule has 0 unspecified atom stereocenters. The lowest BCUT2D eigenvalue weighted by molar-refractivity contribution is -0.121. The van der Waals surface area contributed by atoms with Crippen molar-refractivity contribution in [2.75, 3.05) is 6.54 Å². The second-order valence-electron chi connectivity index (χ2n) is 6.26. The van der Waals surface area contributed by atoms with Crippen molar-refractivity contribution in [2.24, 2.45) is 0 Å². The Hall–Kier alpha value is -1.84. The number of benzene rings is 2. The lowest BCUT2D eigenvalue weighted by Crippen LogP contribution is -2.36. The van der Waals surface area contributed by atoms with Crippen LogP contribution in [0.3, 0.4) is 0 Å². The number of rotatable bonds is 6. The smallest absolute Gasteiger partial charge is 0.234 e. The summed E-state index contributed by atoms with van der Waals surface area (Å²) in [4.78, 5) is 12.2. The van der Waals surface area contributed by atoms with Crippen LogP contribution in [0, 0.1) is 13.8 Å². The minimum absolute atomic E-state index is 0.0152. The first kappa shape index (κ1) is 18.5. The van der Waals surface area contributed by atoms with Gasteiger partial charge in [0.2, 0.25) is 5.91 Å². The molecule has 0 bridgehead atoms. The molecule has 24 heavy (non-hydrogen) atoms. The maximum Gasteiger partial charge on any atom is 0.234 e. The fraction of sp³-hybridized carbons (Fsp3) is 0.350. The Morgan fingerprint density at radius 2 is 1.75 bits per heavy atom. The third kappa shape index (κ3) is 4.83. The van der Waals surface area contributed by atoms with E-state index in [9.17, 15) is 4.79 Å². The maximum atomic E-state index is 12.2. The largest absolute Gasteiger partial charge is 0.348 e. The monoisotopic (exact) mass is 344 g/mol. The summed E-state index contributed by atoms with van der Waals surface area (Å²) < 4.78 is 0. The summed E-state index contributed by atoms with van der Waals surface area (Å²) in [7, 11) is 0. The lowest BCUT2D eigenvalue weighted by Gasteiger charge is -2.18. The van der Waals surface area contributed by atoms with Crippen molar-refractivity contribution in [2.45, 2.75) is 39.8 Å². The lowest BCUT2D eigenvalue weighted by atomic mass is 10.0. The Balaban J connectivity index is 1.88. The average molecular weight is 345 g/mol. The van der Waals surface area contributed by atoms with Crippen molar-refractivity contribution < 1.29 is 4.79 Å². The van der Waals surface area contributed by atoms with E-state index in [0.29, 0.717) is 5.02 Å². The number of aryl methyl sites for hydroxylation is 2. The van der Waals surface area contributed by atoms with Gasteiger partial charge in [-0.15, -0.1) is 0 Å². The summed E-state index contributed by atoms with van der Waals surface area (Å²) in [5, 5.41) is 6.96. The van der Waals surface area contributed by atoms with E-state index in [2.05, 4.69) is 42.7 Å². The molecule has 4 heteroatoms. The molecule has 128 valence electrons. The number of amides is 1. The Kier molecular flexibility index (Phi) is 6.41. The Morgan fingerprint density at radius 3 is 2.42 bits per heavy atom. The third-order valence-electron chi connectivity index (χ3n) is 4.35. The maximum absolute atomic E-state index is 12.2. The first-order valence-electron chi connectivity index (χ1n) is 8.22. The number of nitrogens with one attached hydrogen (secondary N) is 2. The molecule has 0 fully saturated rings. The van der Waals surface area contributed by atoms with Crippen molar-refractivity contribution in [3.63, 3.8) is 0 Å². The molecular formula is C20H25ClN2O. The standard InChI is InChI=1S/C20H25ClN2O/c1-13-9-10-17(11-14(13)2)15(3)23-20(24)12-22-16(4)18-7-5-6-8-19(18)21/h5-11,15-16,22H,12H2,1-4H3,(H,23,24)/t15-,16+/m0/s1. The molecular weight excluding hydrogens is 320 g/mol. The fourth-order valence-corrected chi connectivity index (χ4v) is 2.89. The zero-order valence-electron chi connectivity index (χ0n) is 14.7. The topological polar surface area (TPSA) is 41.1 Å². The quantitative estimate of drug-likeness (QED) is 0.810. The molecule has 0 radical (unpaired) electrons. The van der Waals surface area contributed by atoms with Crippen LogP contribution in [0.5, 0.6) is 0 Å². The molecule has 0 spiro atoms. The molecule has 3 nitrogen and oxygen atoms in total. The van der Waals surface area contributed by atoms with Crippen LogP contribution in [0.4, 0.5) is 0 Å². The van der Waals surface area contributed by atoms with E-state index >= 15 is 0 Å². The van der Waals surface area contributed by atoms with Gasteiger partial charge in [-0.2, -0.15) is 0 Å². The second kappa shape index (κ2) is 8.32. The molecule has 2 rings (SSSR count). The van der Waals surface area contributed by atoms with E-state index in [1.807, 2.05) is 38.1 Å². The van der Waals surface area contributed by atoms with Gasteiger partial charge in [-0.25, -0.2) is 0 Å². The summed E-state index contributed by atoms with van der Waals surface area (Å²) in [6.07, 6.45) is 0. The molecule has 0 aromatic heterocycles. The van der Waals surface area contributed by atoms with Gasteiger partial charge in [0.15, 0.2) is 0 Å². The van der Waals surface area contributed by atoms with Crippen molar-refractivity contribution >= 4 is 17.5 Å². The summed E-state index contributed by atoms with van der Waals surface area (Å²) in [6, 6.07) is 13.9. The normalized spacial score (nSPS) is 13.4. The van der Waals surface area contributed by atoms with Gasteiger partial charge >= 0.3 is 0 Å². The van der Waals surface area contributed by atoms with Gasteiger partial charge in [0, 0.05) is 11.1 Å². The van der Waals surface area contributed by atoms with Gasteiger partial charge in [-0.05, 0) is 56.0 Å². The summed E-state index contributed by atoms with van der Waals surface area (Å²) in [5.41, 5.74) is 4.60. The molecule has 2 atom stereocenters. The van der Waals surface area contributed by atoms with Crippen LogP contribution in [0.2, 0.25) is 5.02 Å². The fourth-order valence-electron chi connectivity index (χ4n) is 2.59. The van der Waals surface area contributed by atoms with E-state index in [0.717, 1.165) is 11.1 Å². The number of hydrogen-bond donors (Lipinski definition) is 2. The summed E-state index contributed by atoms with van der Waals surface area (Å²) in [5.74, 6) is -0.0281. The summed E-state index contributed by atoms with van der Waals surface area (Å²) in [6.45, 7) is 8.42.